The van der Waals surface area contributed by atoms with Crippen LogP contribution in [0.4, 0.5) is 0 Å². The molecule has 0 atom stereocenters. The zero-order valence-corrected chi connectivity index (χ0v) is 12.7. The molecule has 0 N–H and O–H groups in total. The Morgan fingerprint density at radius 1 is 1.38 bits per heavy atom. The van der Waals surface area contributed by atoms with Gasteiger partial charge in [-0.05, 0) is 27.2 Å². The van der Waals surface area contributed by atoms with Crippen molar-refractivity contribution in [2.45, 2.75) is 31.9 Å². The quantitative estimate of drug-likeness (QED) is 0.697. The van der Waals surface area contributed by atoms with Crippen LogP contribution in [0, 0.1) is 0 Å². The monoisotopic (exact) mass is 313 g/mol. The molecule has 0 heterocycles. The van der Waals surface area contributed by atoms with Crippen LogP contribution < -0.4 is 0 Å². The van der Waals surface area contributed by atoms with Crippen LogP contribution in [0.15, 0.2) is 0 Å². The van der Waals surface area contributed by atoms with Crippen LogP contribution in [0.3, 0.4) is 0 Å². The number of hydrogen-bond donors (Lipinski definition) is 0. The van der Waals surface area contributed by atoms with Gasteiger partial charge in [-0.2, -0.15) is 0 Å². The highest BCUT2D eigenvalue weighted by Crippen LogP contribution is 2.18. The number of sulfone groups is 1. The molecule has 0 unspecified atom stereocenters. The van der Waals surface area contributed by atoms with E-state index < -0.39 is 14.6 Å². The van der Waals surface area contributed by atoms with E-state index in [2.05, 4.69) is 15.9 Å². The van der Waals surface area contributed by atoms with Gasteiger partial charge in [-0.15, -0.1) is 0 Å². The fourth-order valence-electron chi connectivity index (χ4n) is 1.19. The minimum absolute atomic E-state index is 0.321. The second kappa shape index (κ2) is 6.00. The van der Waals surface area contributed by atoms with Crippen molar-refractivity contribution >= 4 is 31.7 Å². The highest BCUT2D eigenvalue weighted by molar-refractivity contribution is 9.09. The van der Waals surface area contributed by atoms with Gasteiger partial charge in [-0.25, -0.2) is 8.42 Å². The van der Waals surface area contributed by atoms with Crippen molar-refractivity contribution in [2.75, 3.05) is 24.7 Å². The molecule has 0 aliphatic rings. The smallest absolute Gasteiger partial charge is 0.243 e. The molecule has 0 aliphatic heterocycles. The molecule has 0 aromatic carbocycles. The van der Waals surface area contributed by atoms with Gasteiger partial charge in [0.25, 0.3) is 0 Å². The third kappa shape index (κ3) is 3.73. The zero-order chi connectivity index (χ0) is 13.0. The number of alkyl halides is 1. The summed E-state index contributed by atoms with van der Waals surface area (Å²) in [4.78, 5) is 13.7. The molecular formula is C10H20BrNO3S. The van der Waals surface area contributed by atoms with Gasteiger partial charge in [0.05, 0.1) is 0 Å². The Morgan fingerprint density at radius 2 is 1.88 bits per heavy atom. The van der Waals surface area contributed by atoms with Gasteiger partial charge in [-0.3, -0.25) is 4.79 Å². The van der Waals surface area contributed by atoms with E-state index in [1.165, 1.54) is 13.8 Å². The molecular weight excluding hydrogens is 294 g/mol. The van der Waals surface area contributed by atoms with E-state index in [4.69, 9.17) is 0 Å². The van der Waals surface area contributed by atoms with Gasteiger partial charge in [0.2, 0.25) is 5.91 Å². The van der Waals surface area contributed by atoms with E-state index >= 15 is 0 Å². The number of halogens is 1. The standard InChI is InChI=1S/C10H20BrNO3S/c1-5-12(8-6-7-11)9(13)10(2,3)16(4,14)15/h5-8H2,1-4H3. The van der Waals surface area contributed by atoms with E-state index in [1.807, 2.05) is 6.92 Å². The Labute approximate surface area is 106 Å². The summed E-state index contributed by atoms with van der Waals surface area (Å²) in [6.07, 6.45) is 1.92. The minimum atomic E-state index is -3.38. The molecule has 6 heteroatoms. The lowest BCUT2D eigenvalue weighted by Crippen LogP contribution is -2.50. The predicted octanol–water partition coefficient (Wildman–Crippen LogP) is 1.44. The van der Waals surface area contributed by atoms with Crippen molar-refractivity contribution in [3.63, 3.8) is 0 Å². The van der Waals surface area contributed by atoms with Crippen molar-refractivity contribution in [1.29, 1.82) is 0 Å². The summed E-state index contributed by atoms with van der Waals surface area (Å²) in [5, 5.41) is 0.802. The lowest BCUT2D eigenvalue weighted by Gasteiger charge is -2.29. The van der Waals surface area contributed by atoms with Crippen LogP contribution in [0.1, 0.15) is 27.2 Å². The molecule has 0 fully saturated rings. The zero-order valence-electron chi connectivity index (χ0n) is 10.3. The van der Waals surface area contributed by atoms with Crippen LogP contribution in [0.5, 0.6) is 0 Å². The maximum atomic E-state index is 12.1. The van der Waals surface area contributed by atoms with Crippen LogP contribution in [-0.2, 0) is 14.6 Å². The van der Waals surface area contributed by atoms with E-state index in [-0.39, 0.29) is 5.91 Å². The van der Waals surface area contributed by atoms with Crippen molar-refractivity contribution < 1.29 is 13.2 Å². The van der Waals surface area contributed by atoms with Gasteiger partial charge in [0.1, 0.15) is 4.75 Å². The molecule has 0 saturated heterocycles. The van der Waals surface area contributed by atoms with Gasteiger partial charge in [-0.1, -0.05) is 15.9 Å². The average Bonchev–Trinajstić information content (AvgIpc) is 2.16. The minimum Gasteiger partial charge on any atom is -0.342 e. The molecule has 0 aromatic rings. The van der Waals surface area contributed by atoms with Crippen molar-refractivity contribution in [1.82, 2.24) is 4.90 Å². The molecule has 4 nitrogen and oxygen atoms in total. The number of nitrogens with zero attached hydrogens (tertiary/aromatic N) is 1. The molecule has 0 saturated carbocycles. The summed E-state index contributed by atoms with van der Waals surface area (Å²) in [6, 6.07) is 0. The van der Waals surface area contributed by atoms with E-state index in [9.17, 15) is 13.2 Å². The second-order valence-corrected chi connectivity index (χ2v) is 7.57. The van der Waals surface area contributed by atoms with Crippen LogP contribution in [-0.4, -0.2) is 48.6 Å². The Bertz CT molecular complexity index is 338. The Morgan fingerprint density at radius 3 is 2.19 bits per heavy atom. The van der Waals surface area contributed by atoms with Gasteiger partial charge >= 0.3 is 0 Å². The number of hydrogen-bond acceptors (Lipinski definition) is 3. The van der Waals surface area contributed by atoms with Gasteiger partial charge in [0, 0.05) is 24.7 Å². The topological polar surface area (TPSA) is 54.5 Å². The largest absolute Gasteiger partial charge is 0.342 e. The van der Waals surface area contributed by atoms with E-state index in [1.54, 1.807) is 4.90 Å². The normalized spacial score (nSPS) is 12.6. The predicted molar refractivity (Wildman–Crippen MR) is 69.6 cm³/mol. The van der Waals surface area contributed by atoms with Crippen LogP contribution in [0.2, 0.25) is 0 Å². The van der Waals surface area contributed by atoms with Gasteiger partial charge < -0.3 is 4.90 Å². The molecule has 0 bridgehead atoms. The lowest BCUT2D eigenvalue weighted by molar-refractivity contribution is -0.133. The Hall–Kier alpha value is -0.100. The molecule has 0 rings (SSSR count). The summed E-state index contributed by atoms with van der Waals surface area (Å²) in [5.41, 5.74) is 0. The first kappa shape index (κ1) is 15.9. The second-order valence-electron chi connectivity index (χ2n) is 4.21. The summed E-state index contributed by atoms with van der Waals surface area (Å²) >= 11 is 3.29. The molecule has 1 amide bonds. The Balaban J connectivity index is 4.88. The summed E-state index contributed by atoms with van der Waals surface area (Å²) in [5.74, 6) is -0.321. The van der Waals surface area contributed by atoms with Crippen molar-refractivity contribution in [3.05, 3.63) is 0 Å². The van der Waals surface area contributed by atoms with Crippen molar-refractivity contribution in [2.24, 2.45) is 0 Å². The maximum Gasteiger partial charge on any atom is 0.243 e. The number of carbonyl (C=O) groups excluding carboxylic acids is 1. The highest BCUT2D eigenvalue weighted by Gasteiger charge is 2.40. The molecule has 0 aliphatic carbocycles. The number of rotatable bonds is 6. The molecule has 0 radical (unpaired) electrons. The molecule has 0 spiro atoms. The van der Waals surface area contributed by atoms with Gasteiger partial charge in [0.15, 0.2) is 9.84 Å². The lowest BCUT2D eigenvalue weighted by atomic mass is 10.1. The third-order valence-corrected chi connectivity index (χ3v) is 5.26. The van der Waals surface area contributed by atoms with Crippen LogP contribution >= 0.6 is 15.9 Å². The van der Waals surface area contributed by atoms with E-state index in [0.29, 0.717) is 13.1 Å². The number of carbonyl (C=O) groups is 1. The highest BCUT2D eigenvalue weighted by atomic mass is 79.9. The number of amides is 1. The fourth-order valence-corrected chi connectivity index (χ4v) is 1.89. The van der Waals surface area contributed by atoms with Crippen LogP contribution in [0.25, 0.3) is 0 Å². The average molecular weight is 314 g/mol. The third-order valence-electron chi connectivity index (χ3n) is 2.67. The first-order valence-electron chi connectivity index (χ1n) is 5.23. The van der Waals surface area contributed by atoms with E-state index in [0.717, 1.165) is 18.0 Å². The Kier molecular flexibility index (Phi) is 5.96. The van der Waals surface area contributed by atoms with Crippen molar-refractivity contribution in [3.8, 4) is 0 Å². The molecule has 0 aromatic heterocycles. The summed E-state index contributed by atoms with van der Waals surface area (Å²) in [7, 11) is -3.38. The summed E-state index contributed by atoms with van der Waals surface area (Å²) < 4.78 is 21.7. The first-order chi connectivity index (χ1) is 7.18. The first-order valence-corrected chi connectivity index (χ1v) is 8.24. The molecule has 16 heavy (non-hydrogen) atoms. The summed E-state index contributed by atoms with van der Waals surface area (Å²) in [6.45, 7) is 5.89. The SMILES string of the molecule is CCN(CCCBr)C(=O)C(C)(C)S(C)(=O)=O. The maximum absolute atomic E-state index is 12.1. The fraction of sp³-hybridized carbons (Fsp3) is 0.900. The molecule has 96 valence electrons.